The van der Waals surface area contributed by atoms with E-state index in [4.69, 9.17) is 0 Å². The molecule has 2 bridgehead atoms. The molecule has 0 radical (unpaired) electrons. The second-order valence-electron chi connectivity index (χ2n) is 8.78. The first kappa shape index (κ1) is 19.1. The second-order valence-corrected chi connectivity index (χ2v) is 8.78. The van der Waals surface area contributed by atoms with E-state index in [0.29, 0.717) is 18.7 Å². The van der Waals surface area contributed by atoms with E-state index >= 15 is 0 Å². The monoisotopic (exact) mass is 405 g/mol. The van der Waals surface area contributed by atoms with Crippen LogP contribution in [0.1, 0.15) is 35.2 Å². The largest absolute Gasteiger partial charge is 0.396 e. The van der Waals surface area contributed by atoms with E-state index in [1.54, 1.807) is 4.90 Å². The van der Waals surface area contributed by atoms with Gasteiger partial charge in [0.25, 0.3) is 5.91 Å². The van der Waals surface area contributed by atoms with Crippen molar-refractivity contribution in [3.63, 3.8) is 0 Å². The Kier molecular flexibility index (Phi) is 4.74. The highest BCUT2D eigenvalue weighted by Gasteiger charge is 2.57. The summed E-state index contributed by atoms with van der Waals surface area (Å²) in [5.74, 6) is 0.00680. The molecule has 156 valence electrons. The molecule has 3 amide bonds. The van der Waals surface area contributed by atoms with E-state index in [1.807, 2.05) is 47.4 Å². The molecule has 0 unspecified atom stereocenters. The van der Waals surface area contributed by atoms with Crippen molar-refractivity contribution in [2.45, 2.75) is 37.8 Å². The Labute approximate surface area is 176 Å². The summed E-state index contributed by atoms with van der Waals surface area (Å²) in [6.45, 7) is 1.31. The molecule has 30 heavy (non-hydrogen) atoms. The molecule has 0 aliphatic carbocycles. The molecule has 2 N–H and O–H groups in total. The zero-order valence-electron chi connectivity index (χ0n) is 17.0. The quantitative estimate of drug-likeness (QED) is 0.804. The number of rotatable bonds is 5. The Balaban J connectivity index is 1.41. The number of urea groups is 1. The molecule has 2 aromatic rings. The van der Waals surface area contributed by atoms with Crippen LogP contribution in [-0.4, -0.2) is 53.7 Å². The van der Waals surface area contributed by atoms with Gasteiger partial charge in [-0.1, -0.05) is 36.4 Å². The smallest absolute Gasteiger partial charge is 0.321 e. The molecule has 6 nitrogen and oxygen atoms in total. The molecule has 0 aromatic heterocycles. The number of benzene rings is 2. The molecule has 6 heteroatoms. The van der Waals surface area contributed by atoms with E-state index in [1.165, 1.54) is 5.56 Å². The van der Waals surface area contributed by atoms with Crippen molar-refractivity contribution in [1.29, 1.82) is 0 Å². The first-order chi connectivity index (χ1) is 14.6. The third-order valence-electron chi connectivity index (χ3n) is 7.06. The molecular formula is C24H27N3O3. The first-order valence-electron chi connectivity index (χ1n) is 10.7. The highest BCUT2D eigenvalue weighted by atomic mass is 16.3. The van der Waals surface area contributed by atoms with E-state index in [0.717, 1.165) is 31.4 Å². The number of hydrogen-bond acceptors (Lipinski definition) is 3. The average molecular weight is 405 g/mol. The number of nitrogens with one attached hydrogen (secondary N) is 1. The minimum Gasteiger partial charge on any atom is -0.396 e. The SMILES string of the molecule is O=C1NCCN1c1cccc(C(=O)N2[C@@H]3CC[C@H]2[C@](CO)(Cc2ccccc2)C3)c1. The molecular weight excluding hydrogens is 378 g/mol. The van der Waals surface area contributed by atoms with Gasteiger partial charge in [-0.25, -0.2) is 4.79 Å². The van der Waals surface area contributed by atoms with E-state index in [9.17, 15) is 14.7 Å². The Morgan fingerprint density at radius 1 is 1.13 bits per heavy atom. The molecule has 3 saturated heterocycles. The molecule has 0 spiro atoms. The Hall–Kier alpha value is -2.86. The number of carbonyl (C=O) groups is 2. The van der Waals surface area contributed by atoms with Gasteiger partial charge < -0.3 is 15.3 Å². The van der Waals surface area contributed by atoms with E-state index < -0.39 is 0 Å². The van der Waals surface area contributed by atoms with Crippen molar-refractivity contribution in [3.8, 4) is 0 Å². The zero-order valence-corrected chi connectivity index (χ0v) is 17.0. The van der Waals surface area contributed by atoms with Crippen molar-refractivity contribution >= 4 is 17.6 Å². The summed E-state index contributed by atoms with van der Waals surface area (Å²) in [6.07, 6.45) is 3.53. The standard InChI is InChI=1S/C24H27N3O3/c28-16-24(14-17-5-2-1-3-6-17)15-20-9-10-21(24)27(20)22(29)18-7-4-8-19(13-18)26-12-11-25-23(26)30/h1-8,13,20-21,28H,9-12,14-16H2,(H,25,30)/t20-,21+,24-/m1/s1. The Morgan fingerprint density at radius 2 is 1.97 bits per heavy atom. The minimum atomic E-state index is -0.285. The van der Waals surface area contributed by atoms with Gasteiger partial charge in [0, 0.05) is 41.8 Å². The Morgan fingerprint density at radius 3 is 2.70 bits per heavy atom. The van der Waals surface area contributed by atoms with Crippen LogP contribution in [0.3, 0.4) is 0 Å². The predicted molar refractivity (Wildman–Crippen MR) is 114 cm³/mol. The highest BCUT2D eigenvalue weighted by molar-refractivity contribution is 5.99. The number of anilines is 1. The van der Waals surface area contributed by atoms with Gasteiger partial charge in [-0.15, -0.1) is 0 Å². The number of fused-ring (bicyclic) bond motifs is 2. The maximum Gasteiger partial charge on any atom is 0.321 e. The van der Waals surface area contributed by atoms with Crippen LogP contribution in [0.15, 0.2) is 54.6 Å². The van der Waals surface area contributed by atoms with Gasteiger partial charge in [0.2, 0.25) is 0 Å². The summed E-state index contributed by atoms with van der Waals surface area (Å²) in [6, 6.07) is 17.7. The van der Waals surface area contributed by atoms with Crippen molar-refractivity contribution in [3.05, 3.63) is 65.7 Å². The summed E-state index contributed by atoms with van der Waals surface area (Å²) in [5, 5.41) is 13.2. The van der Waals surface area contributed by atoms with Gasteiger partial charge in [0.15, 0.2) is 0 Å². The van der Waals surface area contributed by atoms with Gasteiger partial charge in [0.05, 0.1) is 6.61 Å². The molecule has 2 aromatic carbocycles. The molecule has 3 fully saturated rings. The van der Waals surface area contributed by atoms with Crippen LogP contribution >= 0.6 is 0 Å². The summed E-state index contributed by atoms with van der Waals surface area (Å²) in [4.78, 5) is 29.2. The van der Waals surface area contributed by atoms with Gasteiger partial charge in [0.1, 0.15) is 0 Å². The van der Waals surface area contributed by atoms with Gasteiger partial charge in [-0.05, 0) is 49.4 Å². The molecule has 5 rings (SSSR count). The van der Waals surface area contributed by atoms with Gasteiger partial charge >= 0.3 is 6.03 Å². The average Bonchev–Trinajstić information content (AvgIpc) is 3.47. The maximum atomic E-state index is 13.5. The van der Waals surface area contributed by atoms with Crippen molar-refractivity contribution < 1.29 is 14.7 Å². The van der Waals surface area contributed by atoms with Crippen molar-refractivity contribution in [2.75, 3.05) is 24.6 Å². The molecule has 0 saturated carbocycles. The fraction of sp³-hybridized carbons (Fsp3) is 0.417. The van der Waals surface area contributed by atoms with Crippen LogP contribution < -0.4 is 10.2 Å². The summed E-state index contributed by atoms with van der Waals surface area (Å²) < 4.78 is 0. The van der Waals surface area contributed by atoms with Gasteiger partial charge in [-0.3, -0.25) is 9.69 Å². The Bertz CT molecular complexity index is 963. The third-order valence-corrected chi connectivity index (χ3v) is 7.06. The van der Waals surface area contributed by atoms with Crippen molar-refractivity contribution in [1.82, 2.24) is 10.2 Å². The number of carbonyl (C=O) groups excluding carboxylic acids is 2. The fourth-order valence-corrected chi connectivity index (χ4v) is 5.69. The lowest BCUT2D eigenvalue weighted by Crippen LogP contribution is -2.44. The summed E-state index contributed by atoms with van der Waals surface area (Å²) in [7, 11) is 0. The molecule has 3 aliphatic heterocycles. The summed E-state index contributed by atoms with van der Waals surface area (Å²) >= 11 is 0. The molecule has 3 heterocycles. The number of nitrogens with zero attached hydrogens (tertiary/aromatic N) is 2. The van der Waals surface area contributed by atoms with Gasteiger partial charge in [-0.2, -0.15) is 0 Å². The van der Waals surface area contributed by atoms with Crippen molar-refractivity contribution in [2.24, 2.45) is 5.41 Å². The third kappa shape index (κ3) is 3.06. The summed E-state index contributed by atoms with van der Waals surface area (Å²) in [5.41, 5.74) is 2.28. The van der Waals surface area contributed by atoms with Crippen LogP contribution in [0.5, 0.6) is 0 Å². The van der Waals surface area contributed by atoms with E-state index in [-0.39, 0.29) is 36.0 Å². The van der Waals surface area contributed by atoms with E-state index in [2.05, 4.69) is 17.4 Å². The fourth-order valence-electron chi connectivity index (χ4n) is 5.69. The molecule has 3 atom stereocenters. The topological polar surface area (TPSA) is 72.9 Å². The first-order valence-corrected chi connectivity index (χ1v) is 10.7. The van der Waals surface area contributed by atoms with Crippen LogP contribution in [0.25, 0.3) is 0 Å². The van der Waals surface area contributed by atoms with Crippen LogP contribution in [0, 0.1) is 5.41 Å². The predicted octanol–water partition coefficient (Wildman–Crippen LogP) is 2.81. The number of aliphatic hydroxyl groups is 1. The van der Waals surface area contributed by atoms with Crippen LogP contribution in [-0.2, 0) is 6.42 Å². The zero-order chi connectivity index (χ0) is 20.7. The number of amides is 3. The van der Waals surface area contributed by atoms with Crippen LogP contribution in [0.2, 0.25) is 0 Å². The number of hydrogen-bond donors (Lipinski definition) is 2. The van der Waals surface area contributed by atoms with Crippen LogP contribution in [0.4, 0.5) is 10.5 Å². The lowest BCUT2D eigenvalue weighted by molar-refractivity contribution is 0.0571. The normalized spacial score (nSPS) is 27.6. The second kappa shape index (κ2) is 7.43. The highest BCUT2D eigenvalue weighted by Crippen LogP contribution is 2.51. The number of aliphatic hydroxyl groups excluding tert-OH is 1. The minimum absolute atomic E-state index is 0.00680. The lowest BCUT2D eigenvalue weighted by Gasteiger charge is -2.36. The maximum absolute atomic E-state index is 13.5. The molecule has 3 aliphatic rings. The lowest BCUT2D eigenvalue weighted by atomic mass is 9.70.